The molecule has 108 valence electrons. The molecule has 0 bridgehead atoms. The molecule has 1 aliphatic rings. The maximum Gasteiger partial charge on any atom is 0.174 e. The third-order valence-electron chi connectivity index (χ3n) is 4.03. The van der Waals surface area contributed by atoms with Crippen LogP contribution in [0.5, 0.6) is 5.75 Å². The highest BCUT2D eigenvalue weighted by atomic mass is 16.5. The van der Waals surface area contributed by atoms with Crippen molar-refractivity contribution in [2.24, 2.45) is 5.41 Å². The van der Waals surface area contributed by atoms with E-state index >= 15 is 0 Å². The van der Waals surface area contributed by atoms with Crippen molar-refractivity contribution in [2.45, 2.75) is 52.1 Å². The minimum atomic E-state index is 0.106. The minimum absolute atomic E-state index is 0.106. The first-order valence-corrected chi connectivity index (χ1v) is 7.41. The fourth-order valence-corrected chi connectivity index (χ4v) is 2.95. The van der Waals surface area contributed by atoms with E-state index in [0.29, 0.717) is 11.5 Å². The van der Waals surface area contributed by atoms with Crippen molar-refractivity contribution in [1.82, 2.24) is 5.32 Å². The number of rotatable bonds is 5. The van der Waals surface area contributed by atoms with Crippen molar-refractivity contribution in [1.29, 1.82) is 5.26 Å². The average Bonchev–Trinajstić information content (AvgIpc) is 2.43. The first-order valence-electron chi connectivity index (χ1n) is 7.41. The lowest BCUT2D eigenvalue weighted by atomic mass is 9.75. The Morgan fingerprint density at radius 3 is 2.75 bits per heavy atom. The van der Waals surface area contributed by atoms with Crippen molar-refractivity contribution in [3.05, 3.63) is 29.8 Å². The van der Waals surface area contributed by atoms with E-state index in [9.17, 15) is 0 Å². The Kier molecular flexibility index (Phi) is 5.03. The van der Waals surface area contributed by atoms with E-state index in [-0.39, 0.29) is 6.61 Å². The van der Waals surface area contributed by atoms with E-state index in [4.69, 9.17) is 10.00 Å². The Hall–Kier alpha value is -1.53. The van der Waals surface area contributed by atoms with Crippen molar-refractivity contribution in [3.63, 3.8) is 0 Å². The quantitative estimate of drug-likeness (QED) is 0.890. The molecule has 1 fully saturated rings. The molecule has 20 heavy (non-hydrogen) atoms. The van der Waals surface area contributed by atoms with Gasteiger partial charge in [-0.05, 0) is 42.4 Å². The van der Waals surface area contributed by atoms with E-state index < -0.39 is 0 Å². The first-order chi connectivity index (χ1) is 9.59. The van der Waals surface area contributed by atoms with Gasteiger partial charge in [0, 0.05) is 12.6 Å². The molecule has 1 aromatic carbocycles. The predicted molar refractivity (Wildman–Crippen MR) is 80.4 cm³/mol. The zero-order valence-electron chi connectivity index (χ0n) is 12.5. The number of hydrogen-bond acceptors (Lipinski definition) is 3. The van der Waals surface area contributed by atoms with Gasteiger partial charge in [-0.2, -0.15) is 5.26 Å². The van der Waals surface area contributed by atoms with Gasteiger partial charge in [0.2, 0.25) is 0 Å². The Morgan fingerprint density at radius 1 is 1.35 bits per heavy atom. The van der Waals surface area contributed by atoms with Crippen LogP contribution in [0.2, 0.25) is 0 Å². The van der Waals surface area contributed by atoms with Crippen molar-refractivity contribution >= 4 is 0 Å². The molecule has 3 heteroatoms. The van der Waals surface area contributed by atoms with Gasteiger partial charge < -0.3 is 10.1 Å². The second-order valence-electron chi connectivity index (χ2n) is 6.43. The monoisotopic (exact) mass is 272 g/mol. The molecular formula is C17H24N2O. The molecular weight excluding hydrogens is 248 g/mol. The van der Waals surface area contributed by atoms with Crippen LogP contribution in [0.15, 0.2) is 24.3 Å². The fourth-order valence-electron chi connectivity index (χ4n) is 2.95. The lowest BCUT2D eigenvalue weighted by molar-refractivity contribution is 0.198. The maximum absolute atomic E-state index is 8.47. The molecule has 0 aliphatic heterocycles. The van der Waals surface area contributed by atoms with Crippen LogP contribution in [0.25, 0.3) is 0 Å². The van der Waals surface area contributed by atoms with E-state index in [2.05, 4.69) is 31.3 Å². The highest BCUT2D eigenvalue weighted by Gasteiger charge is 2.27. The van der Waals surface area contributed by atoms with Crippen LogP contribution in [0.1, 0.15) is 45.1 Å². The van der Waals surface area contributed by atoms with Gasteiger partial charge in [-0.15, -0.1) is 0 Å². The molecule has 2 rings (SSSR count). The number of ether oxygens (including phenoxy) is 1. The zero-order valence-corrected chi connectivity index (χ0v) is 12.5. The second kappa shape index (κ2) is 6.76. The molecule has 0 radical (unpaired) electrons. The normalized spacial score (nSPS) is 21.1. The molecule has 1 aromatic rings. The Balaban J connectivity index is 1.80. The summed E-state index contributed by atoms with van der Waals surface area (Å²) in [6.07, 6.45) is 5.21. The molecule has 0 spiro atoms. The third kappa shape index (κ3) is 4.54. The van der Waals surface area contributed by atoms with Gasteiger partial charge in [0.25, 0.3) is 0 Å². The molecule has 1 N–H and O–H groups in total. The van der Waals surface area contributed by atoms with Crippen LogP contribution in [-0.4, -0.2) is 12.6 Å². The summed E-state index contributed by atoms with van der Waals surface area (Å²) in [5, 5.41) is 12.1. The van der Waals surface area contributed by atoms with Crippen molar-refractivity contribution < 1.29 is 4.74 Å². The van der Waals surface area contributed by atoms with Gasteiger partial charge in [-0.3, -0.25) is 0 Å². The van der Waals surface area contributed by atoms with E-state index in [1.54, 1.807) is 0 Å². The fraction of sp³-hybridized carbons (Fsp3) is 0.588. The smallest absolute Gasteiger partial charge is 0.174 e. The van der Waals surface area contributed by atoms with Crippen LogP contribution >= 0.6 is 0 Å². The summed E-state index contributed by atoms with van der Waals surface area (Å²) in [5.41, 5.74) is 1.74. The number of nitrogens with one attached hydrogen (secondary N) is 1. The molecule has 1 saturated carbocycles. The van der Waals surface area contributed by atoms with Gasteiger partial charge in [0.05, 0.1) is 0 Å². The molecule has 0 amide bonds. The Bertz CT molecular complexity index is 459. The Labute approximate surface area is 121 Å². The minimum Gasteiger partial charge on any atom is -0.479 e. The summed E-state index contributed by atoms with van der Waals surface area (Å²) < 4.78 is 5.25. The summed E-state index contributed by atoms with van der Waals surface area (Å²) in [6, 6.07) is 10.6. The molecule has 1 atom stereocenters. The summed E-state index contributed by atoms with van der Waals surface area (Å²) in [7, 11) is 0. The van der Waals surface area contributed by atoms with E-state index in [1.807, 2.05) is 18.2 Å². The summed E-state index contributed by atoms with van der Waals surface area (Å²) >= 11 is 0. The summed E-state index contributed by atoms with van der Waals surface area (Å²) in [5.74, 6) is 0.758. The molecule has 0 aromatic heterocycles. The number of benzene rings is 1. The SMILES string of the molecule is CC1(C)CCCC(NCc2ccc(OCC#N)cc2)C1. The predicted octanol–water partition coefficient (Wildman–Crippen LogP) is 3.65. The number of nitriles is 1. The standard InChI is InChI=1S/C17H24N2O/c1-17(2)9-3-4-15(12-17)19-13-14-5-7-16(8-6-14)20-11-10-18/h5-8,15,19H,3-4,9,11-13H2,1-2H3. The van der Waals surface area contributed by atoms with Gasteiger partial charge in [-0.25, -0.2) is 0 Å². The first kappa shape index (κ1) is 14.9. The average molecular weight is 272 g/mol. The number of nitrogens with zero attached hydrogens (tertiary/aromatic N) is 1. The maximum atomic E-state index is 8.47. The molecule has 1 aliphatic carbocycles. The van der Waals surface area contributed by atoms with Crippen LogP contribution in [0.3, 0.4) is 0 Å². The van der Waals surface area contributed by atoms with Gasteiger partial charge in [0.15, 0.2) is 6.61 Å². The molecule has 0 heterocycles. The van der Waals surface area contributed by atoms with Gasteiger partial charge in [0.1, 0.15) is 11.8 Å². The second-order valence-corrected chi connectivity index (χ2v) is 6.43. The van der Waals surface area contributed by atoms with Crippen LogP contribution in [0, 0.1) is 16.7 Å². The highest BCUT2D eigenvalue weighted by Crippen LogP contribution is 2.35. The lowest BCUT2D eigenvalue weighted by Gasteiger charge is -2.35. The molecule has 1 unspecified atom stereocenters. The zero-order chi connectivity index (χ0) is 14.4. The van der Waals surface area contributed by atoms with Crippen molar-refractivity contribution in [2.75, 3.05) is 6.61 Å². The largest absolute Gasteiger partial charge is 0.479 e. The lowest BCUT2D eigenvalue weighted by Crippen LogP contribution is -2.36. The summed E-state index contributed by atoms with van der Waals surface area (Å²) in [6.45, 7) is 5.73. The highest BCUT2D eigenvalue weighted by molar-refractivity contribution is 5.27. The molecule has 3 nitrogen and oxygen atoms in total. The Morgan fingerprint density at radius 2 is 2.10 bits per heavy atom. The van der Waals surface area contributed by atoms with Crippen LogP contribution in [-0.2, 0) is 6.54 Å². The van der Waals surface area contributed by atoms with Crippen molar-refractivity contribution in [3.8, 4) is 11.8 Å². The van der Waals surface area contributed by atoms with Gasteiger partial charge in [-0.1, -0.05) is 32.4 Å². The topological polar surface area (TPSA) is 45.0 Å². The number of hydrogen-bond donors (Lipinski definition) is 1. The third-order valence-corrected chi connectivity index (χ3v) is 4.03. The van der Waals surface area contributed by atoms with E-state index in [0.717, 1.165) is 12.3 Å². The van der Waals surface area contributed by atoms with Crippen LogP contribution in [0.4, 0.5) is 0 Å². The van der Waals surface area contributed by atoms with Gasteiger partial charge >= 0.3 is 0 Å². The molecule has 0 saturated heterocycles. The van der Waals surface area contributed by atoms with Crippen LogP contribution < -0.4 is 10.1 Å². The summed E-state index contributed by atoms with van der Waals surface area (Å²) in [4.78, 5) is 0. The van der Waals surface area contributed by atoms with E-state index in [1.165, 1.54) is 31.2 Å².